The minimum Gasteiger partial charge on any atom is -0.506 e. The van der Waals surface area contributed by atoms with Crippen LogP contribution in [-0.4, -0.2) is 24.3 Å². The summed E-state index contributed by atoms with van der Waals surface area (Å²) >= 11 is 6.59. The Bertz CT molecular complexity index is 1070. The van der Waals surface area contributed by atoms with Gasteiger partial charge >= 0.3 is 0 Å². The van der Waals surface area contributed by atoms with E-state index in [9.17, 15) is 9.90 Å². The van der Waals surface area contributed by atoms with Crippen LogP contribution in [0.2, 0.25) is 0 Å². The number of phenols is 1. The number of amides is 1. The molecular weight excluding hydrogens is 516 g/mol. The van der Waals surface area contributed by atoms with Crippen LogP contribution < -0.4 is 14.9 Å². The van der Waals surface area contributed by atoms with E-state index in [1.165, 1.54) is 13.3 Å². The fraction of sp³-hybridized carbons (Fsp3) is 0.0909. The molecule has 0 saturated carbocycles. The number of ether oxygens (including phenoxy) is 2. The van der Waals surface area contributed by atoms with Crippen molar-refractivity contribution in [3.05, 3.63) is 86.3 Å². The number of halogens is 2. The fourth-order valence-electron chi connectivity index (χ4n) is 2.57. The van der Waals surface area contributed by atoms with Crippen molar-refractivity contribution in [3.63, 3.8) is 0 Å². The first-order valence-corrected chi connectivity index (χ1v) is 10.4. The van der Waals surface area contributed by atoms with Crippen molar-refractivity contribution < 1.29 is 19.4 Å². The Morgan fingerprint density at radius 2 is 1.87 bits per heavy atom. The van der Waals surface area contributed by atoms with Crippen molar-refractivity contribution in [2.75, 3.05) is 7.11 Å². The number of benzene rings is 3. The highest BCUT2D eigenvalue weighted by atomic mass is 79.9. The molecule has 1 amide bonds. The van der Waals surface area contributed by atoms with Gasteiger partial charge in [0.05, 0.1) is 17.8 Å². The van der Waals surface area contributed by atoms with E-state index in [1.807, 2.05) is 30.3 Å². The molecule has 2 N–H and O–H groups in total. The molecule has 0 unspecified atom stereocenters. The SMILES string of the molecule is COc1cc(C(=O)N/N=C/c2cc(Br)cc(Br)c2O)ccc1OCc1ccccc1. The lowest BCUT2D eigenvalue weighted by Crippen LogP contribution is -2.17. The Morgan fingerprint density at radius 3 is 2.60 bits per heavy atom. The molecule has 0 heterocycles. The lowest BCUT2D eigenvalue weighted by atomic mass is 10.2. The van der Waals surface area contributed by atoms with E-state index < -0.39 is 5.91 Å². The zero-order valence-corrected chi connectivity index (χ0v) is 19.1. The molecule has 8 heteroatoms. The second-order valence-corrected chi connectivity index (χ2v) is 7.93. The molecule has 0 aliphatic heterocycles. The van der Waals surface area contributed by atoms with E-state index in [-0.39, 0.29) is 5.75 Å². The second kappa shape index (κ2) is 10.3. The summed E-state index contributed by atoms with van der Waals surface area (Å²) in [7, 11) is 1.51. The van der Waals surface area contributed by atoms with Gasteiger partial charge in [-0.05, 0) is 51.8 Å². The monoisotopic (exact) mass is 532 g/mol. The molecule has 0 spiro atoms. The van der Waals surface area contributed by atoms with Gasteiger partial charge in [0.2, 0.25) is 0 Å². The van der Waals surface area contributed by atoms with Gasteiger partial charge in [-0.1, -0.05) is 46.3 Å². The molecule has 30 heavy (non-hydrogen) atoms. The maximum atomic E-state index is 12.4. The van der Waals surface area contributed by atoms with Crippen molar-refractivity contribution in [2.24, 2.45) is 5.10 Å². The first-order valence-electron chi connectivity index (χ1n) is 8.84. The molecular formula is C22H18Br2N2O4. The quantitative estimate of drug-likeness (QED) is 0.320. The first-order chi connectivity index (χ1) is 14.5. The highest BCUT2D eigenvalue weighted by Crippen LogP contribution is 2.31. The molecule has 0 radical (unpaired) electrons. The van der Waals surface area contributed by atoms with Crippen LogP contribution >= 0.6 is 31.9 Å². The van der Waals surface area contributed by atoms with Crippen LogP contribution in [0, 0.1) is 0 Å². The lowest BCUT2D eigenvalue weighted by Gasteiger charge is -2.12. The van der Waals surface area contributed by atoms with Crippen LogP contribution in [-0.2, 0) is 6.61 Å². The van der Waals surface area contributed by atoms with Gasteiger partial charge in [0.25, 0.3) is 5.91 Å². The van der Waals surface area contributed by atoms with Gasteiger partial charge in [0, 0.05) is 15.6 Å². The second-order valence-electron chi connectivity index (χ2n) is 6.16. The third-order valence-corrected chi connectivity index (χ3v) is 5.15. The number of aromatic hydroxyl groups is 1. The van der Waals surface area contributed by atoms with Crippen LogP contribution in [0.4, 0.5) is 0 Å². The minimum atomic E-state index is -0.423. The zero-order chi connectivity index (χ0) is 21.5. The number of carbonyl (C=O) groups is 1. The van der Waals surface area contributed by atoms with Crippen LogP contribution in [0.25, 0.3) is 0 Å². The number of nitrogens with one attached hydrogen (secondary N) is 1. The summed E-state index contributed by atoms with van der Waals surface area (Å²) < 4.78 is 12.4. The number of phenolic OH excluding ortho intramolecular Hbond substituents is 1. The Hall–Kier alpha value is -2.84. The summed E-state index contributed by atoms with van der Waals surface area (Å²) in [5.41, 5.74) is 4.26. The molecule has 3 aromatic rings. The molecule has 6 nitrogen and oxygen atoms in total. The van der Waals surface area contributed by atoms with Crippen LogP contribution in [0.1, 0.15) is 21.5 Å². The standard InChI is InChI=1S/C22H18Br2N2O4/c1-29-20-10-15(7-8-19(20)30-13-14-5-3-2-4-6-14)22(28)26-25-12-16-9-17(23)11-18(24)21(16)27/h2-12,27H,13H2,1H3,(H,26,28)/b25-12+. The fourth-order valence-corrected chi connectivity index (χ4v) is 3.83. The average Bonchev–Trinajstić information content (AvgIpc) is 2.76. The molecule has 154 valence electrons. The summed E-state index contributed by atoms with van der Waals surface area (Å²) in [5, 5.41) is 14.0. The number of rotatable bonds is 7. The van der Waals surface area contributed by atoms with Crippen molar-refractivity contribution in [3.8, 4) is 17.2 Å². The van der Waals surface area contributed by atoms with E-state index in [0.717, 1.165) is 10.0 Å². The van der Waals surface area contributed by atoms with Gasteiger partial charge in [-0.15, -0.1) is 0 Å². The van der Waals surface area contributed by atoms with Gasteiger partial charge in [-0.25, -0.2) is 5.43 Å². The zero-order valence-electron chi connectivity index (χ0n) is 15.9. The van der Waals surface area contributed by atoms with Crippen LogP contribution in [0.3, 0.4) is 0 Å². The van der Waals surface area contributed by atoms with Crippen molar-refractivity contribution in [1.82, 2.24) is 5.43 Å². The molecule has 3 rings (SSSR count). The third kappa shape index (κ3) is 5.61. The topological polar surface area (TPSA) is 80.2 Å². The van der Waals surface area contributed by atoms with E-state index >= 15 is 0 Å². The molecule has 0 fully saturated rings. The van der Waals surface area contributed by atoms with E-state index in [4.69, 9.17) is 9.47 Å². The maximum absolute atomic E-state index is 12.4. The summed E-state index contributed by atoms with van der Waals surface area (Å²) in [5.74, 6) is 0.576. The molecule has 0 saturated heterocycles. The number of hydrogen-bond acceptors (Lipinski definition) is 5. The van der Waals surface area contributed by atoms with Gasteiger partial charge in [-0.3, -0.25) is 4.79 Å². The highest BCUT2D eigenvalue weighted by molar-refractivity contribution is 9.11. The number of nitrogens with zero attached hydrogens (tertiary/aromatic N) is 1. The Balaban J connectivity index is 1.67. The van der Waals surface area contributed by atoms with E-state index in [2.05, 4.69) is 42.4 Å². The highest BCUT2D eigenvalue weighted by Gasteiger charge is 2.11. The number of carbonyl (C=O) groups excluding carboxylic acids is 1. The summed E-state index contributed by atoms with van der Waals surface area (Å²) in [4.78, 5) is 12.4. The van der Waals surface area contributed by atoms with E-state index in [1.54, 1.807) is 30.3 Å². The molecule has 3 aromatic carbocycles. The van der Waals surface area contributed by atoms with Crippen molar-refractivity contribution in [2.45, 2.75) is 6.61 Å². The molecule has 0 atom stereocenters. The average molecular weight is 534 g/mol. The number of methoxy groups -OCH3 is 1. The molecule has 0 aromatic heterocycles. The Kier molecular flexibility index (Phi) is 7.48. The molecule has 0 bridgehead atoms. The first kappa shape index (κ1) is 21.9. The van der Waals surface area contributed by atoms with Gasteiger partial charge in [0.15, 0.2) is 11.5 Å². The van der Waals surface area contributed by atoms with Gasteiger partial charge < -0.3 is 14.6 Å². The van der Waals surface area contributed by atoms with Crippen LogP contribution in [0.5, 0.6) is 17.2 Å². The summed E-state index contributed by atoms with van der Waals surface area (Å²) in [6.45, 7) is 0.388. The van der Waals surface area contributed by atoms with Gasteiger partial charge in [-0.2, -0.15) is 5.10 Å². The van der Waals surface area contributed by atoms with Gasteiger partial charge in [0.1, 0.15) is 12.4 Å². The van der Waals surface area contributed by atoms with Crippen molar-refractivity contribution >= 4 is 44.0 Å². The predicted octanol–water partition coefficient (Wildman–Crippen LogP) is 5.27. The summed E-state index contributed by atoms with van der Waals surface area (Å²) in [6, 6.07) is 18.0. The Labute approximate surface area is 190 Å². The predicted molar refractivity (Wildman–Crippen MR) is 122 cm³/mol. The molecule has 0 aliphatic rings. The third-order valence-electron chi connectivity index (χ3n) is 4.09. The normalized spacial score (nSPS) is 10.8. The Morgan fingerprint density at radius 1 is 1.10 bits per heavy atom. The smallest absolute Gasteiger partial charge is 0.271 e. The number of hydrogen-bond donors (Lipinski definition) is 2. The largest absolute Gasteiger partial charge is 0.506 e. The van der Waals surface area contributed by atoms with Crippen molar-refractivity contribution in [1.29, 1.82) is 0 Å². The van der Waals surface area contributed by atoms with E-state index in [0.29, 0.717) is 33.7 Å². The molecule has 0 aliphatic carbocycles. The minimum absolute atomic E-state index is 0.0257. The van der Waals surface area contributed by atoms with Crippen LogP contribution in [0.15, 0.2) is 74.7 Å². The maximum Gasteiger partial charge on any atom is 0.271 e. The lowest BCUT2D eigenvalue weighted by molar-refractivity contribution is 0.0954. The number of hydrazone groups is 1. The summed E-state index contributed by atoms with van der Waals surface area (Å²) in [6.07, 6.45) is 1.36.